The molecule has 0 atom stereocenters. The summed E-state index contributed by atoms with van der Waals surface area (Å²) in [5, 5.41) is 12.5. The van der Waals surface area contributed by atoms with E-state index < -0.39 is 5.41 Å². The van der Waals surface area contributed by atoms with Crippen molar-refractivity contribution in [1.82, 2.24) is 0 Å². The van der Waals surface area contributed by atoms with Gasteiger partial charge in [-0.2, -0.15) is 0 Å². The third-order valence-electron chi connectivity index (χ3n) is 13.1. The van der Waals surface area contributed by atoms with Gasteiger partial charge in [0, 0.05) is 10.8 Å². The summed E-state index contributed by atoms with van der Waals surface area (Å²) in [6, 6.07) is 76.8. The van der Waals surface area contributed by atoms with Crippen molar-refractivity contribution in [2.45, 2.75) is 5.41 Å². The molecule has 0 saturated carbocycles. The second-order valence-corrected chi connectivity index (χ2v) is 15.9. The Balaban J connectivity index is 1.22. The minimum atomic E-state index is -0.602. The fourth-order valence-corrected chi connectivity index (χ4v) is 10.7. The zero-order valence-corrected chi connectivity index (χ0v) is 31.5. The molecule has 13 rings (SSSR count). The van der Waals surface area contributed by atoms with Gasteiger partial charge >= 0.3 is 0 Å². The molecule has 0 bridgehead atoms. The molecule has 0 unspecified atom stereocenters. The van der Waals surface area contributed by atoms with Crippen LogP contribution in [-0.2, 0) is 5.41 Å². The summed E-state index contributed by atoms with van der Waals surface area (Å²) >= 11 is 0. The Morgan fingerprint density at radius 2 is 0.931 bits per heavy atom. The third-order valence-corrected chi connectivity index (χ3v) is 13.1. The Hall–Kier alpha value is -7.48. The first-order chi connectivity index (χ1) is 28.8. The first-order valence-corrected chi connectivity index (χ1v) is 20.2. The zero-order valence-electron chi connectivity index (χ0n) is 31.5. The molecule has 1 heterocycles. The standard InChI is InChI=1S/C57H34O/c1-3-15-41(16-4-1)57(42-17-5-2-6-18-42)50-34-40(43-28-25-38-23-22-36-13-11-14-37-26-29-46(43)54(38)53(36)37)33-48(55(50)47-30-24-35-12-7-8-19-44(35)56(47)57)39-27-31-52-49(32-39)45-20-9-10-21-51(45)58-52/h1-34H. The molecule has 0 fully saturated rings. The zero-order chi connectivity index (χ0) is 38.0. The Morgan fingerprint density at radius 3 is 1.72 bits per heavy atom. The van der Waals surface area contributed by atoms with Crippen molar-refractivity contribution in [1.29, 1.82) is 0 Å². The van der Waals surface area contributed by atoms with Gasteiger partial charge in [-0.15, -0.1) is 0 Å². The van der Waals surface area contributed by atoms with E-state index in [4.69, 9.17) is 4.42 Å². The molecule has 1 nitrogen and oxygen atoms in total. The van der Waals surface area contributed by atoms with Gasteiger partial charge in [0.1, 0.15) is 11.2 Å². The fraction of sp³-hybridized carbons (Fsp3) is 0.0175. The highest BCUT2D eigenvalue weighted by atomic mass is 16.3. The Morgan fingerprint density at radius 1 is 0.328 bits per heavy atom. The molecule has 1 aliphatic carbocycles. The van der Waals surface area contributed by atoms with E-state index in [1.807, 2.05) is 6.07 Å². The van der Waals surface area contributed by atoms with Gasteiger partial charge in [0.2, 0.25) is 0 Å². The summed E-state index contributed by atoms with van der Waals surface area (Å²) in [6.45, 7) is 0. The SMILES string of the molecule is c1ccc(C2(c3ccccc3)c3cc(-c4ccc5ccc6cccc7ccc4c5c67)cc(-c4ccc5oc6ccccc6c5c4)c3-c3ccc4ccccc4c32)cc1. The number of hydrogen-bond acceptors (Lipinski definition) is 1. The molecule has 0 spiro atoms. The molecular formula is C57H34O. The van der Waals surface area contributed by atoms with Gasteiger partial charge in [0.05, 0.1) is 5.41 Å². The van der Waals surface area contributed by atoms with Crippen LogP contribution in [0.1, 0.15) is 22.3 Å². The maximum atomic E-state index is 6.39. The van der Waals surface area contributed by atoms with E-state index in [0.717, 1.165) is 21.9 Å². The van der Waals surface area contributed by atoms with Crippen molar-refractivity contribution in [3.05, 3.63) is 229 Å². The molecule has 0 amide bonds. The van der Waals surface area contributed by atoms with Crippen LogP contribution in [0.25, 0.3) is 98.4 Å². The van der Waals surface area contributed by atoms with Crippen LogP contribution in [-0.4, -0.2) is 0 Å². The van der Waals surface area contributed by atoms with Crippen LogP contribution in [0.3, 0.4) is 0 Å². The van der Waals surface area contributed by atoms with Crippen molar-refractivity contribution in [3.8, 4) is 33.4 Å². The maximum absolute atomic E-state index is 6.39. The molecule has 0 saturated heterocycles. The molecule has 268 valence electrons. The number of furan rings is 1. The van der Waals surface area contributed by atoms with Gasteiger partial charge in [0.25, 0.3) is 0 Å². The minimum absolute atomic E-state index is 0.602. The van der Waals surface area contributed by atoms with Crippen molar-refractivity contribution in [2.24, 2.45) is 0 Å². The summed E-state index contributed by atoms with van der Waals surface area (Å²) in [5.74, 6) is 0. The Kier molecular flexibility index (Phi) is 6.43. The summed E-state index contributed by atoms with van der Waals surface area (Å²) in [7, 11) is 0. The number of para-hydroxylation sites is 1. The lowest BCUT2D eigenvalue weighted by Crippen LogP contribution is -2.29. The van der Waals surface area contributed by atoms with Gasteiger partial charge in [0.15, 0.2) is 0 Å². The fourth-order valence-electron chi connectivity index (χ4n) is 10.7. The van der Waals surface area contributed by atoms with Crippen molar-refractivity contribution in [3.63, 3.8) is 0 Å². The first kappa shape index (κ1) is 31.7. The monoisotopic (exact) mass is 734 g/mol. The van der Waals surface area contributed by atoms with Gasteiger partial charge in [-0.25, -0.2) is 0 Å². The maximum Gasteiger partial charge on any atom is 0.135 e. The van der Waals surface area contributed by atoms with Crippen molar-refractivity contribution < 1.29 is 4.42 Å². The van der Waals surface area contributed by atoms with E-state index in [1.165, 1.54) is 98.7 Å². The lowest BCUT2D eigenvalue weighted by Gasteiger charge is -2.35. The van der Waals surface area contributed by atoms with Gasteiger partial charge in [-0.05, 0) is 129 Å². The molecule has 12 aromatic rings. The molecule has 1 aromatic heterocycles. The van der Waals surface area contributed by atoms with Crippen LogP contribution >= 0.6 is 0 Å². The van der Waals surface area contributed by atoms with Crippen LogP contribution in [0, 0.1) is 0 Å². The number of rotatable bonds is 4. The molecule has 0 N–H and O–H groups in total. The highest BCUT2D eigenvalue weighted by Gasteiger charge is 2.48. The van der Waals surface area contributed by atoms with E-state index in [1.54, 1.807) is 0 Å². The summed E-state index contributed by atoms with van der Waals surface area (Å²) < 4.78 is 6.39. The van der Waals surface area contributed by atoms with Gasteiger partial charge in [-0.3, -0.25) is 0 Å². The quantitative estimate of drug-likeness (QED) is 0.164. The molecule has 11 aromatic carbocycles. The van der Waals surface area contributed by atoms with Crippen molar-refractivity contribution in [2.75, 3.05) is 0 Å². The molecule has 58 heavy (non-hydrogen) atoms. The van der Waals surface area contributed by atoms with E-state index in [9.17, 15) is 0 Å². The first-order valence-electron chi connectivity index (χ1n) is 20.2. The van der Waals surface area contributed by atoms with Gasteiger partial charge < -0.3 is 4.42 Å². The molecule has 1 heteroatoms. The molecule has 0 aliphatic heterocycles. The highest BCUT2D eigenvalue weighted by molar-refractivity contribution is 6.25. The molecule has 1 aliphatic rings. The van der Waals surface area contributed by atoms with Crippen LogP contribution in [0.5, 0.6) is 0 Å². The highest BCUT2D eigenvalue weighted by Crippen LogP contribution is 2.61. The molecular weight excluding hydrogens is 701 g/mol. The van der Waals surface area contributed by atoms with Crippen molar-refractivity contribution >= 4 is 65.0 Å². The predicted molar refractivity (Wildman–Crippen MR) is 243 cm³/mol. The minimum Gasteiger partial charge on any atom is -0.456 e. The second-order valence-electron chi connectivity index (χ2n) is 15.9. The Labute approximate surface area is 335 Å². The van der Waals surface area contributed by atoms with E-state index >= 15 is 0 Å². The average molecular weight is 735 g/mol. The average Bonchev–Trinajstić information content (AvgIpc) is 3.82. The Bertz CT molecular complexity index is 3550. The number of benzene rings is 11. The van der Waals surface area contributed by atoms with E-state index in [2.05, 4.69) is 200 Å². The van der Waals surface area contributed by atoms with E-state index in [0.29, 0.717) is 0 Å². The van der Waals surface area contributed by atoms with Gasteiger partial charge in [-0.1, -0.05) is 176 Å². The summed E-state index contributed by atoms with van der Waals surface area (Å²) in [6.07, 6.45) is 0. The lowest BCUT2D eigenvalue weighted by atomic mass is 9.66. The smallest absolute Gasteiger partial charge is 0.135 e. The van der Waals surface area contributed by atoms with E-state index in [-0.39, 0.29) is 0 Å². The van der Waals surface area contributed by atoms with Crippen LogP contribution < -0.4 is 0 Å². The summed E-state index contributed by atoms with van der Waals surface area (Å²) in [4.78, 5) is 0. The van der Waals surface area contributed by atoms with Crippen LogP contribution in [0.2, 0.25) is 0 Å². The number of hydrogen-bond donors (Lipinski definition) is 0. The summed E-state index contributed by atoms with van der Waals surface area (Å²) in [5.41, 5.74) is 13.7. The van der Waals surface area contributed by atoms with Crippen LogP contribution in [0.15, 0.2) is 211 Å². The second kappa shape index (κ2) is 11.8. The largest absolute Gasteiger partial charge is 0.456 e. The normalized spacial score (nSPS) is 13.3. The van der Waals surface area contributed by atoms with Crippen LogP contribution in [0.4, 0.5) is 0 Å². The predicted octanol–water partition coefficient (Wildman–Crippen LogP) is 15.3. The molecule has 0 radical (unpaired) electrons. The number of fused-ring (bicyclic) bond motifs is 8. The third kappa shape index (κ3) is 4.20. The topological polar surface area (TPSA) is 13.1 Å². The lowest BCUT2D eigenvalue weighted by molar-refractivity contribution is 0.669.